The number of pyridine rings is 1. The molecule has 2 aromatic heterocycles. The monoisotopic (exact) mass is 379 g/mol. The fraction of sp³-hybridized carbons (Fsp3) is 0.545. The number of hydrogen-bond donors (Lipinski definition) is 0. The topological polar surface area (TPSA) is 62.2 Å². The maximum Gasteiger partial charge on any atom is 0.222 e. The van der Waals surface area contributed by atoms with Crippen LogP contribution in [-0.4, -0.2) is 45.4 Å². The summed E-state index contributed by atoms with van der Waals surface area (Å²) < 4.78 is 0. The summed E-state index contributed by atoms with van der Waals surface area (Å²) in [6, 6.07) is 3.98. The average Bonchev–Trinajstić information content (AvgIpc) is 2.72. The van der Waals surface area contributed by atoms with E-state index in [2.05, 4.69) is 33.7 Å². The van der Waals surface area contributed by atoms with Crippen molar-refractivity contribution in [1.82, 2.24) is 19.9 Å². The molecule has 0 unspecified atom stereocenters. The van der Waals surface area contributed by atoms with Gasteiger partial charge in [-0.15, -0.1) is 0 Å². The van der Waals surface area contributed by atoms with Gasteiger partial charge >= 0.3 is 0 Å². The van der Waals surface area contributed by atoms with Gasteiger partial charge in [-0.25, -0.2) is 9.97 Å². The third-order valence-electron chi connectivity index (χ3n) is 6.31. The number of carbonyl (C=O) groups is 1. The third-order valence-corrected chi connectivity index (χ3v) is 6.31. The molecule has 0 radical (unpaired) electrons. The normalized spacial score (nSPS) is 19.5. The molecule has 0 aliphatic carbocycles. The van der Waals surface area contributed by atoms with Gasteiger partial charge in [-0.2, -0.15) is 0 Å². The highest BCUT2D eigenvalue weighted by molar-refractivity contribution is 5.77. The van der Waals surface area contributed by atoms with Gasteiger partial charge in [-0.05, 0) is 42.2 Å². The molecule has 148 valence electrons. The Morgan fingerprint density at radius 3 is 2.68 bits per heavy atom. The molecule has 1 amide bonds. The van der Waals surface area contributed by atoms with Gasteiger partial charge in [-0.3, -0.25) is 9.78 Å². The van der Waals surface area contributed by atoms with E-state index in [0.29, 0.717) is 18.9 Å². The summed E-state index contributed by atoms with van der Waals surface area (Å²) in [7, 11) is 0. The average molecular weight is 380 g/mol. The Balaban J connectivity index is 1.44. The third kappa shape index (κ3) is 3.86. The van der Waals surface area contributed by atoms with Crippen LogP contribution in [0.15, 0.2) is 37.1 Å². The molecule has 4 heterocycles. The van der Waals surface area contributed by atoms with E-state index in [-0.39, 0.29) is 11.3 Å². The molecule has 0 bridgehead atoms. The molecule has 28 heavy (non-hydrogen) atoms. The highest BCUT2D eigenvalue weighted by Crippen LogP contribution is 2.42. The standard InChI is InChI=1S/C22H29N5O/c1-17(2)19-13-24-16-25-21(19)26-10-7-22(8-11-26)6-5-20(28)27(15-22)14-18-4-3-9-23-12-18/h3-4,9,12-13,16-17H,5-8,10-11,14-15H2,1-2H3. The number of hydrogen-bond acceptors (Lipinski definition) is 5. The molecular formula is C22H29N5O. The van der Waals surface area contributed by atoms with Gasteiger partial charge in [0.15, 0.2) is 0 Å². The SMILES string of the molecule is CC(C)c1cncnc1N1CCC2(CCC(=O)N(Cc3cccnc3)C2)CC1. The molecule has 1 spiro atoms. The van der Waals surface area contributed by atoms with Crippen molar-refractivity contribution in [1.29, 1.82) is 0 Å². The molecule has 0 aromatic carbocycles. The van der Waals surface area contributed by atoms with Gasteiger partial charge in [0, 0.05) is 56.8 Å². The van der Waals surface area contributed by atoms with E-state index in [9.17, 15) is 4.79 Å². The van der Waals surface area contributed by atoms with Gasteiger partial charge in [0.2, 0.25) is 5.91 Å². The number of likely N-dealkylation sites (tertiary alicyclic amines) is 1. The van der Waals surface area contributed by atoms with E-state index >= 15 is 0 Å². The quantitative estimate of drug-likeness (QED) is 0.815. The van der Waals surface area contributed by atoms with Gasteiger partial charge < -0.3 is 9.80 Å². The van der Waals surface area contributed by atoms with Crippen molar-refractivity contribution < 1.29 is 4.79 Å². The highest BCUT2D eigenvalue weighted by atomic mass is 16.2. The van der Waals surface area contributed by atoms with Crippen molar-refractivity contribution in [3.8, 4) is 0 Å². The van der Waals surface area contributed by atoms with Crippen LogP contribution in [0.25, 0.3) is 0 Å². The Kier molecular flexibility index (Phi) is 5.29. The molecular weight excluding hydrogens is 350 g/mol. The van der Waals surface area contributed by atoms with Gasteiger partial charge in [0.1, 0.15) is 12.1 Å². The van der Waals surface area contributed by atoms with Crippen LogP contribution < -0.4 is 4.90 Å². The maximum atomic E-state index is 12.5. The number of piperidine rings is 2. The zero-order chi connectivity index (χ0) is 19.6. The molecule has 2 aliphatic rings. The molecule has 2 fully saturated rings. The summed E-state index contributed by atoms with van der Waals surface area (Å²) in [4.78, 5) is 29.9. The van der Waals surface area contributed by atoms with Crippen molar-refractivity contribution in [2.75, 3.05) is 24.5 Å². The lowest BCUT2D eigenvalue weighted by Gasteiger charge is -2.48. The first kappa shape index (κ1) is 18.8. The largest absolute Gasteiger partial charge is 0.356 e. The summed E-state index contributed by atoms with van der Waals surface area (Å²) in [5, 5.41) is 0. The van der Waals surface area contributed by atoms with Crippen LogP contribution in [-0.2, 0) is 11.3 Å². The summed E-state index contributed by atoms with van der Waals surface area (Å²) in [6.07, 6.45) is 11.1. The lowest BCUT2D eigenvalue weighted by Crippen LogP contribution is -2.51. The number of amides is 1. The van der Waals surface area contributed by atoms with Crippen LogP contribution in [0.5, 0.6) is 0 Å². The van der Waals surface area contributed by atoms with Crippen molar-refractivity contribution >= 4 is 11.7 Å². The fourth-order valence-electron chi connectivity index (χ4n) is 4.56. The molecule has 2 aromatic rings. The minimum atomic E-state index is 0.234. The zero-order valence-corrected chi connectivity index (χ0v) is 16.8. The van der Waals surface area contributed by atoms with E-state index < -0.39 is 0 Å². The van der Waals surface area contributed by atoms with E-state index in [0.717, 1.165) is 50.3 Å². The molecule has 0 saturated carbocycles. The van der Waals surface area contributed by atoms with Crippen molar-refractivity contribution in [3.63, 3.8) is 0 Å². The Morgan fingerprint density at radius 1 is 1.14 bits per heavy atom. The second-order valence-electron chi connectivity index (χ2n) is 8.55. The van der Waals surface area contributed by atoms with E-state index in [1.165, 1.54) is 5.56 Å². The fourth-order valence-corrected chi connectivity index (χ4v) is 4.56. The summed E-state index contributed by atoms with van der Waals surface area (Å²) in [5.74, 6) is 1.77. The molecule has 0 N–H and O–H groups in total. The van der Waals surface area contributed by atoms with Gasteiger partial charge in [0.05, 0.1) is 0 Å². The Bertz CT molecular complexity index is 815. The van der Waals surface area contributed by atoms with Crippen LogP contribution in [0, 0.1) is 5.41 Å². The minimum absolute atomic E-state index is 0.234. The summed E-state index contributed by atoms with van der Waals surface area (Å²) in [5.41, 5.74) is 2.56. The second kappa shape index (κ2) is 7.86. The minimum Gasteiger partial charge on any atom is -0.356 e. The Hall–Kier alpha value is -2.50. The first-order chi connectivity index (χ1) is 13.6. The number of rotatable bonds is 4. The smallest absolute Gasteiger partial charge is 0.222 e. The van der Waals surface area contributed by atoms with Gasteiger partial charge in [-0.1, -0.05) is 19.9 Å². The predicted molar refractivity (Wildman–Crippen MR) is 109 cm³/mol. The highest BCUT2D eigenvalue weighted by Gasteiger charge is 2.41. The van der Waals surface area contributed by atoms with E-state index in [1.807, 2.05) is 29.4 Å². The van der Waals surface area contributed by atoms with E-state index in [4.69, 9.17) is 0 Å². The van der Waals surface area contributed by atoms with Crippen LogP contribution in [0.1, 0.15) is 56.6 Å². The van der Waals surface area contributed by atoms with E-state index in [1.54, 1.807) is 12.5 Å². The summed E-state index contributed by atoms with van der Waals surface area (Å²) in [6.45, 7) is 7.89. The Morgan fingerprint density at radius 2 is 1.96 bits per heavy atom. The van der Waals surface area contributed by atoms with Crippen LogP contribution in [0.3, 0.4) is 0 Å². The lowest BCUT2D eigenvalue weighted by molar-refractivity contribution is -0.139. The molecule has 2 saturated heterocycles. The zero-order valence-electron chi connectivity index (χ0n) is 16.8. The number of anilines is 1. The van der Waals surface area contributed by atoms with Crippen molar-refractivity contribution in [2.24, 2.45) is 5.41 Å². The molecule has 2 aliphatic heterocycles. The summed E-state index contributed by atoms with van der Waals surface area (Å²) >= 11 is 0. The lowest BCUT2D eigenvalue weighted by atomic mass is 9.72. The number of carbonyl (C=O) groups excluding carboxylic acids is 1. The van der Waals surface area contributed by atoms with Crippen LogP contribution in [0.2, 0.25) is 0 Å². The second-order valence-corrected chi connectivity index (χ2v) is 8.55. The first-order valence-electron chi connectivity index (χ1n) is 10.3. The van der Waals surface area contributed by atoms with Crippen molar-refractivity contribution in [2.45, 2.75) is 52.0 Å². The maximum absolute atomic E-state index is 12.5. The van der Waals surface area contributed by atoms with Crippen molar-refractivity contribution in [3.05, 3.63) is 48.2 Å². The van der Waals surface area contributed by atoms with Crippen LogP contribution >= 0.6 is 0 Å². The van der Waals surface area contributed by atoms with Gasteiger partial charge in [0.25, 0.3) is 0 Å². The first-order valence-corrected chi connectivity index (χ1v) is 10.3. The number of nitrogens with zero attached hydrogens (tertiary/aromatic N) is 5. The molecule has 0 atom stereocenters. The molecule has 6 nitrogen and oxygen atoms in total. The molecule has 6 heteroatoms. The number of aromatic nitrogens is 3. The Labute approximate surface area is 167 Å². The molecule has 4 rings (SSSR count). The van der Waals surface area contributed by atoms with Crippen LogP contribution in [0.4, 0.5) is 5.82 Å². The predicted octanol–water partition coefficient (Wildman–Crippen LogP) is 3.40.